The summed E-state index contributed by atoms with van der Waals surface area (Å²) in [6, 6.07) is 0. The summed E-state index contributed by atoms with van der Waals surface area (Å²) in [6.45, 7) is 12.5. The van der Waals surface area contributed by atoms with Gasteiger partial charge in [-0.15, -0.1) is 0 Å². The number of hydrogen-bond donors (Lipinski definition) is 1. The maximum Gasteiger partial charge on any atom is 0.0750 e. The van der Waals surface area contributed by atoms with Crippen molar-refractivity contribution in [3.05, 3.63) is 36.5 Å². The summed E-state index contributed by atoms with van der Waals surface area (Å²) in [4.78, 5) is 0. The molecule has 0 heterocycles. The van der Waals surface area contributed by atoms with E-state index < -0.39 is 0 Å². The van der Waals surface area contributed by atoms with Crippen molar-refractivity contribution in [1.29, 1.82) is 0 Å². The molecule has 0 spiro atoms. The van der Waals surface area contributed by atoms with Crippen molar-refractivity contribution in [3.63, 3.8) is 0 Å². The van der Waals surface area contributed by atoms with Crippen LogP contribution in [0.15, 0.2) is 36.5 Å². The summed E-state index contributed by atoms with van der Waals surface area (Å²) < 4.78 is 0. The molecule has 1 aliphatic carbocycles. The van der Waals surface area contributed by atoms with Gasteiger partial charge < -0.3 is 5.11 Å². The first-order valence-corrected chi connectivity index (χ1v) is 6.22. The van der Waals surface area contributed by atoms with Crippen molar-refractivity contribution in [3.8, 4) is 0 Å². The summed E-state index contributed by atoms with van der Waals surface area (Å²) in [5.41, 5.74) is 2.09. The van der Waals surface area contributed by atoms with Gasteiger partial charge in [-0.1, -0.05) is 44.7 Å². The molecular weight excluding hydrogens is 196 g/mol. The van der Waals surface area contributed by atoms with E-state index in [-0.39, 0.29) is 6.10 Å². The van der Waals surface area contributed by atoms with Gasteiger partial charge in [-0.25, -0.2) is 0 Å². The fourth-order valence-corrected chi connectivity index (χ4v) is 2.04. The number of aliphatic hydroxyl groups excluding tert-OH is 1. The monoisotopic (exact) mass is 220 g/mol. The molecule has 1 aliphatic rings. The first kappa shape index (κ1) is 13.2. The lowest BCUT2D eigenvalue weighted by atomic mass is 9.86. The molecular formula is C15H24O. The first-order valence-electron chi connectivity index (χ1n) is 6.22. The van der Waals surface area contributed by atoms with Gasteiger partial charge in [-0.2, -0.15) is 0 Å². The maximum atomic E-state index is 9.88. The number of aliphatic hydroxyl groups is 1. The van der Waals surface area contributed by atoms with E-state index in [9.17, 15) is 5.11 Å². The molecule has 0 radical (unpaired) electrons. The van der Waals surface area contributed by atoms with Crippen molar-refractivity contribution in [1.82, 2.24) is 0 Å². The predicted octanol–water partition coefficient (Wildman–Crippen LogP) is 3.86. The molecule has 16 heavy (non-hydrogen) atoms. The Labute approximate surface area is 99.6 Å². The molecule has 1 heteroatoms. The molecule has 0 aromatic carbocycles. The van der Waals surface area contributed by atoms with Crippen LogP contribution in [0.25, 0.3) is 0 Å². The van der Waals surface area contributed by atoms with Crippen molar-refractivity contribution in [2.45, 2.75) is 45.6 Å². The van der Waals surface area contributed by atoms with Crippen molar-refractivity contribution >= 4 is 0 Å². The zero-order chi connectivity index (χ0) is 12.1. The Morgan fingerprint density at radius 2 is 1.94 bits per heavy atom. The van der Waals surface area contributed by atoms with Gasteiger partial charge in [-0.3, -0.25) is 0 Å². The van der Waals surface area contributed by atoms with Crippen LogP contribution in [0.3, 0.4) is 0 Å². The SMILES string of the molecule is C=C1C=CC(C(C)C)CCC(=C)C(O)CC1. The van der Waals surface area contributed by atoms with E-state index in [1.165, 1.54) is 0 Å². The topological polar surface area (TPSA) is 20.2 Å². The molecule has 0 aromatic heterocycles. The Morgan fingerprint density at radius 1 is 1.25 bits per heavy atom. The Kier molecular flexibility index (Phi) is 5.01. The van der Waals surface area contributed by atoms with Crippen molar-refractivity contribution in [2.24, 2.45) is 11.8 Å². The van der Waals surface area contributed by atoms with Crippen LogP contribution in [0, 0.1) is 11.8 Å². The van der Waals surface area contributed by atoms with Gasteiger partial charge in [0.25, 0.3) is 0 Å². The number of rotatable bonds is 1. The van der Waals surface area contributed by atoms with E-state index in [1.807, 2.05) is 0 Å². The fourth-order valence-electron chi connectivity index (χ4n) is 2.04. The predicted molar refractivity (Wildman–Crippen MR) is 70.2 cm³/mol. The number of hydrogen-bond acceptors (Lipinski definition) is 1. The number of allylic oxidation sites excluding steroid dienone is 3. The van der Waals surface area contributed by atoms with E-state index >= 15 is 0 Å². The first-order chi connectivity index (χ1) is 7.50. The lowest BCUT2D eigenvalue weighted by molar-refractivity contribution is 0.195. The minimum Gasteiger partial charge on any atom is -0.389 e. The third-order valence-corrected chi connectivity index (χ3v) is 3.44. The molecule has 0 aliphatic heterocycles. The molecule has 0 bridgehead atoms. The van der Waals surface area contributed by atoms with E-state index in [1.54, 1.807) is 0 Å². The van der Waals surface area contributed by atoms with Crippen molar-refractivity contribution in [2.75, 3.05) is 0 Å². The Morgan fingerprint density at radius 3 is 2.56 bits per heavy atom. The van der Waals surface area contributed by atoms with E-state index in [0.29, 0.717) is 11.8 Å². The van der Waals surface area contributed by atoms with E-state index in [4.69, 9.17) is 0 Å². The minimum atomic E-state index is -0.351. The molecule has 1 rings (SSSR count). The largest absolute Gasteiger partial charge is 0.389 e. The molecule has 2 unspecified atom stereocenters. The van der Waals surface area contributed by atoms with Gasteiger partial charge in [0.2, 0.25) is 0 Å². The Hall–Kier alpha value is -0.820. The van der Waals surface area contributed by atoms with Crippen LogP contribution in [-0.2, 0) is 0 Å². The summed E-state index contributed by atoms with van der Waals surface area (Å²) >= 11 is 0. The summed E-state index contributed by atoms with van der Waals surface area (Å²) in [6.07, 6.45) is 7.69. The molecule has 0 fully saturated rings. The van der Waals surface area contributed by atoms with Crippen LogP contribution in [0.2, 0.25) is 0 Å². The van der Waals surface area contributed by atoms with Gasteiger partial charge in [-0.05, 0) is 43.1 Å². The van der Waals surface area contributed by atoms with Crippen LogP contribution in [0.1, 0.15) is 39.5 Å². The molecule has 2 atom stereocenters. The molecule has 0 aromatic rings. The van der Waals surface area contributed by atoms with Crippen LogP contribution >= 0.6 is 0 Å². The van der Waals surface area contributed by atoms with Gasteiger partial charge in [0.05, 0.1) is 6.10 Å². The molecule has 0 saturated carbocycles. The molecule has 0 saturated heterocycles. The summed E-state index contributed by atoms with van der Waals surface area (Å²) in [5.74, 6) is 1.20. The van der Waals surface area contributed by atoms with Gasteiger partial charge in [0, 0.05) is 0 Å². The zero-order valence-corrected chi connectivity index (χ0v) is 10.6. The zero-order valence-electron chi connectivity index (χ0n) is 10.6. The highest BCUT2D eigenvalue weighted by atomic mass is 16.3. The second kappa shape index (κ2) is 6.05. The smallest absolute Gasteiger partial charge is 0.0750 e. The standard InChI is InChI=1S/C15H24O/c1-11(2)14-8-5-12(3)6-10-15(16)13(4)7-9-14/h5,8,11,14-16H,3-4,6-7,9-10H2,1-2H3. The van der Waals surface area contributed by atoms with E-state index in [2.05, 4.69) is 39.2 Å². The highest BCUT2D eigenvalue weighted by Gasteiger charge is 2.15. The highest BCUT2D eigenvalue weighted by Crippen LogP contribution is 2.25. The van der Waals surface area contributed by atoms with Crippen LogP contribution in [0.5, 0.6) is 0 Å². The average molecular weight is 220 g/mol. The average Bonchev–Trinajstić information content (AvgIpc) is 2.23. The fraction of sp³-hybridized carbons (Fsp3) is 0.600. The van der Waals surface area contributed by atoms with Crippen LogP contribution in [-0.4, -0.2) is 11.2 Å². The summed E-state index contributed by atoms with van der Waals surface area (Å²) in [7, 11) is 0. The Bertz CT molecular complexity index is 286. The molecule has 90 valence electrons. The van der Waals surface area contributed by atoms with E-state index in [0.717, 1.165) is 36.8 Å². The Balaban J connectivity index is 2.75. The highest BCUT2D eigenvalue weighted by molar-refractivity contribution is 5.17. The van der Waals surface area contributed by atoms with Crippen LogP contribution in [0.4, 0.5) is 0 Å². The molecule has 0 amide bonds. The molecule has 1 nitrogen and oxygen atoms in total. The second-order valence-corrected chi connectivity index (χ2v) is 5.18. The van der Waals surface area contributed by atoms with Gasteiger partial charge >= 0.3 is 0 Å². The van der Waals surface area contributed by atoms with Crippen LogP contribution < -0.4 is 0 Å². The normalized spacial score (nSPS) is 28.5. The quantitative estimate of drug-likeness (QED) is 0.665. The lowest BCUT2D eigenvalue weighted by Crippen LogP contribution is -2.13. The minimum absolute atomic E-state index is 0.351. The maximum absolute atomic E-state index is 9.88. The third-order valence-electron chi connectivity index (χ3n) is 3.44. The van der Waals surface area contributed by atoms with Gasteiger partial charge in [0.1, 0.15) is 0 Å². The second-order valence-electron chi connectivity index (χ2n) is 5.18. The molecule has 1 N–H and O–H groups in total. The third kappa shape index (κ3) is 3.97. The van der Waals surface area contributed by atoms with Gasteiger partial charge in [0.15, 0.2) is 0 Å². The lowest BCUT2D eigenvalue weighted by Gasteiger charge is -2.21. The summed E-state index contributed by atoms with van der Waals surface area (Å²) in [5, 5.41) is 9.88. The van der Waals surface area contributed by atoms with Crippen molar-refractivity contribution < 1.29 is 5.11 Å².